The van der Waals surface area contributed by atoms with Gasteiger partial charge in [-0.1, -0.05) is 0 Å². The van der Waals surface area contributed by atoms with Crippen LogP contribution in [0.2, 0.25) is 0 Å². The van der Waals surface area contributed by atoms with E-state index in [4.69, 9.17) is 5.26 Å². The summed E-state index contributed by atoms with van der Waals surface area (Å²) in [5.74, 6) is 0. The molecule has 1 unspecified atom stereocenters. The predicted octanol–water partition coefficient (Wildman–Crippen LogP) is 2.10. The first-order valence-corrected chi connectivity index (χ1v) is 6.72. The van der Waals surface area contributed by atoms with Crippen molar-refractivity contribution in [3.63, 3.8) is 0 Å². The molecular formula is C15H21N5. The summed E-state index contributed by atoms with van der Waals surface area (Å²) >= 11 is 0. The Bertz CT molecular complexity index is 657. The lowest BCUT2D eigenvalue weighted by atomic mass is 10.1. The molecule has 0 aliphatic carbocycles. The average molecular weight is 271 g/mol. The van der Waals surface area contributed by atoms with Gasteiger partial charge in [0.1, 0.15) is 11.8 Å². The lowest BCUT2D eigenvalue weighted by Gasteiger charge is -2.13. The van der Waals surface area contributed by atoms with Gasteiger partial charge in [-0.05, 0) is 32.4 Å². The fourth-order valence-corrected chi connectivity index (χ4v) is 2.36. The van der Waals surface area contributed by atoms with Crippen LogP contribution in [-0.2, 0) is 20.6 Å². The molecule has 1 atom stereocenters. The molecule has 0 saturated heterocycles. The normalized spacial score (nSPS) is 12.4. The molecule has 0 bridgehead atoms. The predicted molar refractivity (Wildman–Crippen MR) is 78.1 cm³/mol. The largest absolute Gasteiger partial charge is 0.340 e. The number of hydrogen-bond donors (Lipinski definition) is 1. The summed E-state index contributed by atoms with van der Waals surface area (Å²) in [6.45, 7) is 6.99. The Morgan fingerprint density at radius 3 is 2.55 bits per heavy atom. The molecule has 0 saturated carbocycles. The molecule has 20 heavy (non-hydrogen) atoms. The van der Waals surface area contributed by atoms with Crippen LogP contribution < -0.4 is 5.32 Å². The van der Waals surface area contributed by atoms with Crippen molar-refractivity contribution in [2.45, 2.75) is 33.4 Å². The van der Waals surface area contributed by atoms with E-state index < -0.39 is 0 Å². The molecule has 0 aromatic carbocycles. The van der Waals surface area contributed by atoms with Crippen LogP contribution in [0.5, 0.6) is 0 Å². The Labute approximate surface area is 119 Å². The fraction of sp³-hybridized carbons (Fsp3) is 0.467. The van der Waals surface area contributed by atoms with Gasteiger partial charge >= 0.3 is 0 Å². The van der Waals surface area contributed by atoms with E-state index in [-0.39, 0.29) is 6.04 Å². The molecular weight excluding hydrogens is 250 g/mol. The molecule has 5 nitrogen and oxygen atoms in total. The minimum atomic E-state index is 0.230. The number of nitriles is 1. The molecule has 0 aliphatic heterocycles. The highest BCUT2D eigenvalue weighted by atomic mass is 15.3. The smallest absolute Gasteiger partial charge is 0.120 e. The van der Waals surface area contributed by atoms with Crippen LogP contribution >= 0.6 is 0 Å². The second-order valence-electron chi connectivity index (χ2n) is 5.22. The van der Waals surface area contributed by atoms with Crippen molar-refractivity contribution in [1.82, 2.24) is 19.7 Å². The van der Waals surface area contributed by atoms with E-state index in [2.05, 4.69) is 30.3 Å². The second kappa shape index (κ2) is 5.51. The van der Waals surface area contributed by atoms with Crippen molar-refractivity contribution in [2.24, 2.45) is 14.1 Å². The molecule has 1 N–H and O–H groups in total. The summed E-state index contributed by atoms with van der Waals surface area (Å²) in [6, 6.07) is 4.39. The quantitative estimate of drug-likeness (QED) is 0.926. The van der Waals surface area contributed by atoms with Crippen molar-refractivity contribution in [1.29, 1.82) is 5.26 Å². The van der Waals surface area contributed by atoms with Crippen molar-refractivity contribution < 1.29 is 0 Å². The number of nitrogens with one attached hydrogen (secondary N) is 1. The minimum absolute atomic E-state index is 0.230. The zero-order chi connectivity index (χ0) is 14.9. The summed E-state index contributed by atoms with van der Waals surface area (Å²) in [6.07, 6.45) is 1.91. The van der Waals surface area contributed by atoms with Crippen molar-refractivity contribution in [2.75, 3.05) is 0 Å². The van der Waals surface area contributed by atoms with Gasteiger partial charge in [0.25, 0.3) is 0 Å². The molecule has 0 aliphatic rings. The summed E-state index contributed by atoms with van der Waals surface area (Å²) in [5.41, 5.74) is 5.38. The number of aromatic nitrogens is 3. The third kappa shape index (κ3) is 2.47. The lowest BCUT2D eigenvalue weighted by Crippen LogP contribution is -2.19. The molecule has 0 spiro atoms. The number of aryl methyl sites for hydroxylation is 1. The Hall–Kier alpha value is -2.06. The third-order valence-electron chi connectivity index (χ3n) is 4.09. The third-order valence-corrected chi connectivity index (χ3v) is 4.09. The molecule has 2 aromatic rings. The van der Waals surface area contributed by atoms with Crippen LogP contribution in [0.15, 0.2) is 12.3 Å². The lowest BCUT2D eigenvalue weighted by molar-refractivity contribution is 0.568. The Morgan fingerprint density at radius 1 is 1.35 bits per heavy atom. The molecule has 2 aromatic heterocycles. The molecule has 0 amide bonds. The molecule has 5 heteroatoms. The molecule has 0 fully saturated rings. The maximum atomic E-state index is 9.05. The van der Waals surface area contributed by atoms with Crippen LogP contribution in [0, 0.1) is 25.2 Å². The SMILES string of the molecule is Cc1c(C(C)NCc2cc(C#N)n(C)c2C)cnn1C. The van der Waals surface area contributed by atoms with Gasteiger partial charge in [0.05, 0.1) is 6.20 Å². The van der Waals surface area contributed by atoms with Crippen LogP contribution in [0.1, 0.15) is 41.2 Å². The Morgan fingerprint density at radius 2 is 2.05 bits per heavy atom. The van der Waals surface area contributed by atoms with Gasteiger partial charge in [0, 0.05) is 43.6 Å². The molecule has 0 radical (unpaired) electrons. The topological polar surface area (TPSA) is 58.6 Å². The van der Waals surface area contributed by atoms with Crippen LogP contribution in [-0.4, -0.2) is 14.3 Å². The van der Waals surface area contributed by atoms with E-state index in [9.17, 15) is 0 Å². The van der Waals surface area contributed by atoms with Gasteiger partial charge < -0.3 is 9.88 Å². The van der Waals surface area contributed by atoms with Gasteiger partial charge in [-0.25, -0.2) is 0 Å². The van der Waals surface area contributed by atoms with Gasteiger partial charge in [0.2, 0.25) is 0 Å². The monoisotopic (exact) mass is 271 g/mol. The first kappa shape index (κ1) is 14.4. The van der Waals surface area contributed by atoms with Crippen molar-refractivity contribution in [3.8, 4) is 6.07 Å². The van der Waals surface area contributed by atoms with Crippen molar-refractivity contribution in [3.05, 3.63) is 40.5 Å². The number of nitrogens with zero attached hydrogens (tertiary/aromatic N) is 4. The van der Waals surface area contributed by atoms with Gasteiger partial charge in [-0.3, -0.25) is 4.68 Å². The first-order valence-electron chi connectivity index (χ1n) is 6.72. The highest BCUT2D eigenvalue weighted by molar-refractivity contribution is 5.34. The fourth-order valence-electron chi connectivity index (χ4n) is 2.36. The molecule has 2 rings (SSSR count). The summed E-state index contributed by atoms with van der Waals surface area (Å²) in [7, 11) is 3.87. The van der Waals surface area contributed by atoms with Crippen LogP contribution in [0.3, 0.4) is 0 Å². The Kier molecular flexibility index (Phi) is 3.96. The van der Waals surface area contributed by atoms with E-state index >= 15 is 0 Å². The van der Waals surface area contributed by atoms with E-state index in [1.54, 1.807) is 0 Å². The summed E-state index contributed by atoms with van der Waals surface area (Å²) < 4.78 is 3.81. The van der Waals surface area contributed by atoms with Gasteiger partial charge in [-0.15, -0.1) is 0 Å². The van der Waals surface area contributed by atoms with E-state index in [0.717, 1.165) is 17.8 Å². The van der Waals surface area contributed by atoms with Gasteiger partial charge in [0.15, 0.2) is 0 Å². The zero-order valence-electron chi connectivity index (χ0n) is 12.7. The van der Waals surface area contributed by atoms with E-state index in [1.807, 2.05) is 42.5 Å². The molecule has 106 valence electrons. The maximum absolute atomic E-state index is 9.05. The minimum Gasteiger partial charge on any atom is -0.340 e. The van der Waals surface area contributed by atoms with Gasteiger partial charge in [-0.2, -0.15) is 10.4 Å². The molecule has 2 heterocycles. The van der Waals surface area contributed by atoms with E-state index in [0.29, 0.717) is 5.69 Å². The summed E-state index contributed by atoms with van der Waals surface area (Å²) in [4.78, 5) is 0. The highest BCUT2D eigenvalue weighted by Crippen LogP contribution is 2.18. The maximum Gasteiger partial charge on any atom is 0.120 e. The first-order chi connectivity index (χ1) is 9.45. The van der Waals surface area contributed by atoms with Crippen LogP contribution in [0.4, 0.5) is 0 Å². The summed E-state index contributed by atoms with van der Waals surface area (Å²) in [5, 5.41) is 16.8. The standard InChI is InChI=1S/C15H21N5/c1-10(15-9-18-20(5)12(15)3)17-8-13-6-14(7-16)19(4)11(13)2/h6,9-10,17H,8H2,1-5H3. The number of rotatable bonds is 4. The second-order valence-corrected chi connectivity index (χ2v) is 5.22. The van der Waals surface area contributed by atoms with Crippen molar-refractivity contribution >= 4 is 0 Å². The van der Waals surface area contributed by atoms with Crippen LogP contribution in [0.25, 0.3) is 0 Å². The van der Waals surface area contributed by atoms with E-state index in [1.165, 1.54) is 11.3 Å². The average Bonchev–Trinajstić information content (AvgIpc) is 2.90. The zero-order valence-corrected chi connectivity index (χ0v) is 12.7. The Balaban J connectivity index is 2.10. The highest BCUT2D eigenvalue weighted by Gasteiger charge is 2.13. The number of hydrogen-bond acceptors (Lipinski definition) is 3.